The number of hydrogen-bond acceptors (Lipinski definition) is 0. The van der Waals surface area contributed by atoms with Gasteiger partial charge in [0.1, 0.15) is 5.82 Å². The van der Waals surface area contributed by atoms with Crippen molar-refractivity contribution in [3.8, 4) is 0 Å². The van der Waals surface area contributed by atoms with Gasteiger partial charge in [0.05, 0.1) is 0 Å². The maximum atomic E-state index is 12.8. The molecule has 0 aliphatic rings. The highest BCUT2D eigenvalue weighted by atomic mass is 19.1. The van der Waals surface area contributed by atoms with E-state index in [2.05, 4.69) is 22.8 Å². The largest absolute Gasteiger partial charge is 0.344 e. The average molecular weight is 251 g/mol. The molecular formula is C17H14FN. The Labute approximate surface area is 111 Å². The molecule has 0 saturated carbocycles. The Balaban J connectivity index is 1.97. The molecule has 0 bridgehead atoms. The van der Waals surface area contributed by atoms with Gasteiger partial charge >= 0.3 is 0 Å². The molecule has 0 amide bonds. The van der Waals surface area contributed by atoms with Crippen molar-refractivity contribution in [2.75, 3.05) is 0 Å². The summed E-state index contributed by atoms with van der Waals surface area (Å²) in [6.45, 7) is 0. The molecule has 0 atom stereocenters. The standard InChI is InChI=1S/C17H14FN/c1-19-16(12-14-4-2-3-5-17(14)19)11-8-13-6-9-15(18)10-7-13/h2-12H,1H3/b11-8+. The summed E-state index contributed by atoms with van der Waals surface area (Å²) in [6, 6.07) is 16.9. The van der Waals surface area contributed by atoms with Crippen molar-refractivity contribution in [2.24, 2.45) is 7.05 Å². The second-order valence-electron chi connectivity index (χ2n) is 4.57. The monoisotopic (exact) mass is 251 g/mol. The molecule has 0 saturated heterocycles. The van der Waals surface area contributed by atoms with Crippen LogP contribution in [0, 0.1) is 5.82 Å². The highest BCUT2D eigenvalue weighted by Gasteiger charge is 2.01. The van der Waals surface area contributed by atoms with E-state index in [-0.39, 0.29) is 5.82 Å². The Morgan fingerprint density at radius 2 is 1.68 bits per heavy atom. The Hall–Kier alpha value is -2.35. The van der Waals surface area contributed by atoms with E-state index in [1.807, 2.05) is 31.3 Å². The maximum Gasteiger partial charge on any atom is 0.123 e. The predicted molar refractivity (Wildman–Crippen MR) is 78.2 cm³/mol. The van der Waals surface area contributed by atoms with Crippen molar-refractivity contribution in [3.63, 3.8) is 0 Å². The summed E-state index contributed by atoms with van der Waals surface area (Å²) in [4.78, 5) is 0. The Morgan fingerprint density at radius 3 is 2.42 bits per heavy atom. The first-order valence-electron chi connectivity index (χ1n) is 6.22. The smallest absolute Gasteiger partial charge is 0.123 e. The zero-order valence-corrected chi connectivity index (χ0v) is 10.7. The van der Waals surface area contributed by atoms with Crippen LogP contribution in [0.15, 0.2) is 54.6 Å². The molecule has 1 heterocycles. The van der Waals surface area contributed by atoms with Gasteiger partial charge < -0.3 is 4.57 Å². The second-order valence-corrected chi connectivity index (χ2v) is 4.57. The van der Waals surface area contributed by atoms with Gasteiger partial charge in [0.15, 0.2) is 0 Å². The summed E-state index contributed by atoms with van der Waals surface area (Å²) in [7, 11) is 2.05. The SMILES string of the molecule is Cn1c(/C=C/c2ccc(F)cc2)cc2ccccc21. The lowest BCUT2D eigenvalue weighted by molar-refractivity contribution is 0.628. The molecule has 0 radical (unpaired) electrons. The van der Waals surface area contributed by atoms with Gasteiger partial charge in [-0.25, -0.2) is 4.39 Å². The van der Waals surface area contributed by atoms with Crippen LogP contribution < -0.4 is 0 Å². The highest BCUT2D eigenvalue weighted by Crippen LogP contribution is 2.20. The number of para-hydroxylation sites is 1. The van der Waals surface area contributed by atoms with Gasteiger partial charge in [-0.2, -0.15) is 0 Å². The Kier molecular flexibility index (Phi) is 2.92. The number of aryl methyl sites for hydroxylation is 1. The average Bonchev–Trinajstić information content (AvgIpc) is 2.76. The van der Waals surface area contributed by atoms with Crippen LogP contribution in [0.3, 0.4) is 0 Å². The van der Waals surface area contributed by atoms with Crippen LogP contribution in [0.2, 0.25) is 0 Å². The first kappa shape index (κ1) is 11.7. The minimum atomic E-state index is -0.207. The number of aromatic nitrogens is 1. The van der Waals surface area contributed by atoms with E-state index >= 15 is 0 Å². The van der Waals surface area contributed by atoms with Gasteiger partial charge in [0, 0.05) is 23.6 Å². The molecule has 19 heavy (non-hydrogen) atoms. The molecule has 0 unspecified atom stereocenters. The first-order valence-corrected chi connectivity index (χ1v) is 6.22. The van der Waals surface area contributed by atoms with Crippen LogP contribution in [0.5, 0.6) is 0 Å². The first-order chi connectivity index (χ1) is 9.24. The van der Waals surface area contributed by atoms with Gasteiger partial charge in [-0.3, -0.25) is 0 Å². The van der Waals surface area contributed by atoms with E-state index in [1.54, 1.807) is 12.1 Å². The molecule has 0 aliphatic heterocycles. The van der Waals surface area contributed by atoms with E-state index < -0.39 is 0 Å². The van der Waals surface area contributed by atoms with Crippen LogP contribution in [-0.2, 0) is 7.05 Å². The normalized spacial score (nSPS) is 11.5. The molecule has 3 rings (SSSR count). The minimum absolute atomic E-state index is 0.207. The van der Waals surface area contributed by atoms with E-state index in [0.29, 0.717) is 0 Å². The van der Waals surface area contributed by atoms with Crippen LogP contribution in [0.1, 0.15) is 11.3 Å². The van der Waals surface area contributed by atoms with Crippen molar-refractivity contribution in [3.05, 3.63) is 71.7 Å². The molecule has 1 aromatic heterocycles. The molecular weight excluding hydrogens is 237 g/mol. The van der Waals surface area contributed by atoms with Crippen molar-refractivity contribution in [2.45, 2.75) is 0 Å². The molecule has 3 aromatic rings. The lowest BCUT2D eigenvalue weighted by Crippen LogP contribution is -1.89. The molecule has 1 nitrogen and oxygen atoms in total. The van der Waals surface area contributed by atoms with E-state index in [0.717, 1.165) is 11.3 Å². The summed E-state index contributed by atoms with van der Waals surface area (Å²) in [5, 5.41) is 1.23. The van der Waals surface area contributed by atoms with Crippen LogP contribution in [0.4, 0.5) is 4.39 Å². The van der Waals surface area contributed by atoms with Crippen molar-refractivity contribution >= 4 is 23.1 Å². The summed E-state index contributed by atoms with van der Waals surface area (Å²) in [5.41, 5.74) is 3.33. The maximum absolute atomic E-state index is 12.8. The van der Waals surface area contributed by atoms with Gasteiger partial charge in [0.2, 0.25) is 0 Å². The highest BCUT2D eigenvalue weighted by molar-refractivity contribution is 5.85. The number of halogens is 1. The van der Waals surface area contributed by atoms with Crippen molar-refractivity contribution < 1.29 is 4.39 Å². The molecule has 2 heteroatoms. The third kappa shape index (κ3) is 2.29. The summed E-state index contributed by atoms with van der Waals surface area (Å²) < 4.78 is 15.0. The van der Waals surface area contributed by atoms with Gasteiger partial charge in [-0.1, -0.05) is 36.4 Å². The number of nitrogens with zero attached hydrogens (tertiary/aromatic N) is 1. The Morgan fingerprint density at radius 1 is 0.947 bits per heavy atom. The molecule has 94 valence electrons. The molecule has 0 N–H and O–H groups in total. The van der Waals surface area contributed by atoms with Crippen LogP contribution in [-0.4, -0.2) is 4.57 Å². The predicted octanol–water partition coefficient (Wildman–Crippen LogP) is 4.49. The molecule has 0 spiro atoms. The number of benzene rings is 2. The zero-order valence-electron chi connectivity index (χ0n) is 10.7. The fraction of sp³-hybridized carbons (Fsp3) is 0.0588. The molecule has 0 aliphatic carbocycles. The van der Waals surface area contributed by atoms with Gasteiger partial charge in [0.25, 0.3) is 0 Å². The minimum Gasteiger partial charge on any atom is -0.344 e. The van der Waals surface area contributed by atoms with Crippen molar-refractivity contribution in [1.82, 2.24) is 4.57 Å². The number of rotatable bonds is 2. The lowest BCUT2D eigenvalue weighted by Gasteiger charge is -1.99. The third-order valence-corrected chi connectivity index (χ3v) is 3.31. The molecule has 0 fully saturated rings. The third-order valence-electron chi connectivity index (χ3n) is 3.31. The van der Waals surface area contributed by atoms with E-state index in [9.17, 15) is 4.39 Å². The van der Waals surface area contributed by atoms with Gasteiger partial charge in [-0.15, -0.1) is 0 Å². The quantitative estimate of drug-likeness (QED) is 0.632. The fourth-order valence-electron chi connectivity index (χ4n) is 2.23. The van der Waals surface area contributed by atoms with Crippen molar-refractivity contribution in [1.29, 1.82) is 0 Å². The van der Waals surface area contributed by atoms with Crippen LogP contribution >= 0.6 is 0 Å². The van der Waals surface area contributed by atoms with Gasteiger partial charge in [-0.05, 0) is 35.9 Å². The summed E-state index contributed by atoms with van der Waals surface area (Å²) in [6.07, 6.45) is 4.04. The second kappa shape index (κ2) is 4.73. The fourth-order valence-corrected chi connectivity index (χ4v) is 2.23. The summed E-state index contributed by atoms with van der Waals surface area (Å²) in [5.74, 6) is -0.207. The summed E-state index contributed by atoms with van der Waals surface area (Å²) >= 11 is 0. The zero-order chi connectivity index (χ0) is 13.2. The number of hydrogen-bond donors (Lipinski definition) is 0. The topological polar surface area (TPSA) is 4.93 Å². The van der Waals surface area contributed by atoms with Crippen LogP contribution in [0.25, 0.3) is 23.1 Å². The number of fused-ring (bicyclic) bond motifs is 1. The molecule has 2 aromatic carbocycles. The van der Waals surface area contributed by atoms with E-state index in [4.69, 9.17) is 0 Å². The van der Waals surface area contributed by atoms with E-state index in [1.165, 1.54) is 23.0 Å². The Bertz CT molecular complexity index is 736. The lowest BCUT2D eigenvalue weighted by atomic mass is 10.2.